The van der Waals surface area contributed by atoms with Crippen molar-refractivity contribution in [3.63, 3.8) is 0 Å². The highest BCUT2D eigenvalue weighted by Gasteiger charge is 2.37. The third-order valence-corrected chi connectivity index (χ3v) is 8.51. The molecule has 294 valence electrons. The van der Waals surface area contributed by atoms with Crippen molar-refractivity contribution in [1.82, 2.24) is 0 Å². The summed E-state index contributed by atoms with van der Waals surface area (Å²) in [5.41, 5.74) is -0.632. The van der Waals surface area contributed by atoms with Crippen LogP contribution >= 0.6 is 0 Å². The molecule has 0 heterocycles. The van der Waals surface area contributed by atoms with Gasteiger partial charge in [0.1, 0.15) is 11.2 Å². The minimum Gasteiger partial charge on any atom is -0.466 e. The molecular formula is C37H51NO15. The Hall–Kier alpha value is -4.83. The van der Waals surface area contributed by atoms with Gasteiger partial charge in [0, 0.05) is 12.8 Å². The van der Waals surface area contributed by atoms with Crippen molar-refractivity contribution in [1.29, 1.82) is 0 Å². The lowest BCUT2D eigenvalue weighted by Crippen LogP contribution is -2.39. The molecule has 0 bridgehead atoms. The van der Waals surface area contributed by atoms with Gasteiger partial charge in [-0.15, -0.1) is 10.1 Å². The van der Waals surface area contributed by atoms with Crippen molar-refractivity contribution in [2.24, 2.45) is 5.41 Å². The molecule has 2 rings (SSSR count). The van der Waals surface area contributed by atoms with Crippen molar-refractivity contribution in [2.75, 3.05) is 46.2 Å². The molecule has 2 aromatic carbocycles. The average molecular weight is 750 g/mol. The van der Waals surface area contributed by atoms with E-state index in [1.807, 2.05) is 6.07 Å². The maximum atomic E-state index is 12.6. The summed E-state index contributed by atoms with van der Waals surface area (Å²) in [5, 5.41) is 29.6. The smallest absolute Gasteiger partial charge is 0.344 e. The zero-order chi connectivity index (χ0) is 39.1. The van der Waals surface area contributed by atoms with E-state index in [-0.39, 0.29) is 51.7 Å². The first kappa shape index (κ1) is 44.3. The predicted octanol–water partition coefficient (Wildman–Crippen LogP) is 4.51. The predicted molar refractivity (Wildman–Crippen MR) is 188 cm³/mol. The van der Waals surface area contributed by atoms with Gasteiger partial charge in [0.15, 0.2) is 6.61 Å². The summed E-state index contributed by atoms with van der Waals surface area (Å²) in [6.07, 6.45) is 4.80. The molecule has 0 radical (unpaired) electrons. The van der Waals surface area contributed by atoms with Crippen LogP contribution in [0, 0.1) is 15.5 Å². The summed E-state index contributed by atoms with van der Waals surface area (Å²) < 4.78 is 26.0. The minimum atomic E-state index is -1.30. The number of nitrogens with zero attached hydrogens (tertiary/aromatic N) is 1. The highest BCUT2D eigenvalue weighted by molar-refractivity contribution is 5.88. The Kier molecular flexibility index (Phi) is 20.4. The van der Waals surface area contributed by atoms with E-state index in [0.29, 0.717) is 62.7 Å². The lowest BCUT2D eigenvalue weighted by atomic mass is 9.87. The van der Waals surface area contributed by atoms with E-state index in [4.69, 9.17) is 23.7 Å². The largest absolute Gasteiger partial charge is 0.466 e. The molecule has 2 aromatic rings. The highest BCUT2D eigenvalue weighted by Crippen LogP contribution is 2.27. The third-order valence-electron chi connectivity index (χ3n) is 8.51. The fourth-order valence-electron chi connectivity index (χ4n) is 4.94. The zero-order valence-corrected chi connectivity index (χ0v) is 30.4. The molecule has 16 nitrogen and oxygen atoms in total. The number of rotatable bonds is 27. The molecule has 1 unspecified atom stereocenters. The Morgan fingerprint density at radius 2 is 1.28 bits per heavy atom. The van der Waals surface area contributed by atoms with Gasteiger partial charge in [-0.1, -0.05) is 31.2 Å². The number of carbonyl (C=O) groups excluding carboxylic acids is 5. The molecule has 16 heteroatoms. The number of esters is 5. The normalized spacial score (nSPS) is 11.7. The summed E-state index contributed by atoms with van der Waals surface area (Å²) in [7, 11) is 0. The van der Waals surface area contributed by atoms with Crippen LogP contribution in [0.3, 0.4) is 0 Å². The van der Waals surface area contributed by atoms with Gasteiger partial charge in [0.2, 0.25) is 0 Å². The Morgan fingerprint density at radius 3 is 1.92 bits per heavy atom. The van der Waals surface area contributed by atoms with Crippen LogP contribution in [0.1, 0.15) is 96.0 Å². The molecule has 0 amide bonds. The Morgan fingerprint density at radius 1 is 0.717 bits per heavy atom. The molecule has 53 heavy (non-hydrogen) atoms. The quantitative estimate of drug-likeness (QED) is 0.0320. The third kappa shape index (κ3) is 16.6. The average Bonchev–Trinajstić information content (AvgIpc) is 3.15. The molecule has 0 saturated carbocycles. The van der Waals surface area contributed by atoms with Gasteiger partial charge < -0.3 is 38.7 Å². The molecule has 0 saturated heterocycles. The number of unbranched alkanes of at least 4 members (excludes halogenated alkanes) is 5. The maximum Gasteiger partial charge on any atom is 0.344 e. The van der Waals surface area contributed by atoms with Gasteiger partial charge in [-0.3, -0.25) is 19.2 Å². The number of hydrogen-bond acceptors (Lipinski definition) is 15. The van der Waals surface area contributed by atoms with Crippen LogP contribution in [0.5, 0.6) is 5.75 Å². The van der Waals surface area contributed by atoms with Crippen LogP contribution in [-0.4, -0.2) is 91.4 Å². The molecule has 0 spiro atoms. The van der Waals surface area contributed by atoms with E-state index in [1.54, 1.807) is 44.2 Å². The summed E-state index contributed by atoms with van der Waals surface area (Å²) in [6, 6.07) is 10.5. The second kappa shape index (κ2) is 24.4. The second-order valence-electron chi connectivity index (χ2n) is 12.5. The lowest BCUT2D eigenvalue weighted by molar-refractivity contribution is -0.757. The fourth-order valence-corrected chi connectivity index (χ4v) is 4.94. The molecule has 0 aromatic heterocycles. The van der Waals surface area contributed by atoms with Gasteiger partial charge in [-0.05, 0) is 93.2 Å². The van der Waals surface area contributed by atoms with Gasteiger partial charge in [-0.2, -0.15) is 0 Å². The van der Waals surface area contributed by atoms with Gasteiger partial charge in [-0.25, -0.2) is 4.79 Å². The first-order valence-electron chi connectivity index (χ1n) is 17.8. The van der Waals surface area contributed by atoms with E-state index >= 15 is 0 Å². The maximum absolute atomic E-state index is 12.6. The topological polar surface area (TPSA) is 224 Å². The molecule has 0 aliphatic rings. The fraction of sp³-hybridized carbons (Fsp3) is 0.595. The first-order chi connectivity index (χ1) is 25.4. The molecule has 1 atom stereocenters. The lowest BCUT2D eigenvalue weighted by Gasteiger charge is -2.25. The summed E-state index contributed by atoms with van der Waals surface area (Å²) >= 11 is 0. The summed E-state index contributed by atoms with van der Waals surface area (Å²) in [5.74, 6) is -3.01. The molecule has 0 fully saturated rings. The van der Waals surface area contributed by atoms with Crippen LogP contribution in [0.2, 0.25) is 0 Å². The number of aliphatic hydroxyl groups is 2. The zero-order valence-electron chi connectivity index (χ0n) is 30.4. The number of fused-ring (bicyclic) bond motifs is 1. The van der Waals surface area contributed by atoms with E-state index in [0.717, 1.165) is 10.8 Å². The highest BCUT2D eigenvalue weighted by atomic mass is 16.9. The molecular weight excluding hydrogens is 698 g/mol. The van der Waals surface area contributed by atoms with Crippen LogP contribution in [0.25, 0.3) is 10.8 Å². The second-order valence-corrected chi connectivity index (χ2v) is 12.5. The minimum absolute atomic E-state index is 0.0479. The van der Waals surface area contributed by atoms with Gasteiger partial charge in [0.05, 0.1) is 45.6 Å². The van der Waals surface area contributed by atoms with Crippen LogP contribution in [0.4, 0.5) is 0 Å². The molecule has 0 aliphatic heterocycles. The van der Waals surface area contributed by atoms with Crippen LogP contribution in [-0.2, 0) is 47.8 Å². The number of benzene rings is 2. The van der Waals surface area contributed by atoms with Crippen molar-refractivity contribution >= 4 is 40.6 Å². The van der Waals surface area contributed by atoms with E-state index in [9.17, 15) is 44.3 Å². The Labute approximate surface area is 308 Å². The van der Waals surface area contributed by atoms with Crippen LogP contribution < -0.4 is 4.74 Å². The SMILES string of the molecule is CCC(CO)(CO)C(=O)OCCCCCC(=O)Oc1ccc2cc(C(C)C(=O)OCC(=O)OCCCCCC(=O)OCCCCO[N+](=O)[O-])ccc2c1. The molecule has 0 aliphatic carbocycles. The van der Waals surface area contributed by atoms with Crippen molar-refractivity contribution < 1.29 is 67.8 Å². The number of carbonyl (C=O) groups is 5. The van der Waals surface area contributed by atoms with E-state index in [2.05, 4.69) is 4.84 Å². The summed E-state index contributed by atoms with van der Waals surface area (Å²) in [4.78, 5) is 75.2. The number of hydrogen-bond donors (Lipinski definition) is 2. The van der Waals surface area contributed by atoms with Gasteiger partial charge in [0.25, 0.3) is 5.09 Å². The number of ether oxygens (including phenoxy) is 5. The molecule has 2 N–H and O–H groups in total. The van der Waals surface area contributed by atoms with Crippen molar-refractivity contribution in [3.05, 3.63) is 52.1 Å². The van der Waals surface area contributed by atoms with Crippen molar-refractivity contribution in [2.45, 2.75) is 90.4 Å². The summed E-state index contributed by atoms with van der Waals surface area (Å²) in [6.45, 7) is 2.16. The van der Waals surface area contributed by atoms with Crippen molar-refractivity contribution in [3.8, 4) is 5.75 Å². The number of aliphatic hydroxyl groups excluding tert-OH is 2. The van der Waals surface area contributed by atoms with E-state index < -0.39 is 60.1 Å². The Balaban J connectivity index is 1.63. The van der Waals surface area contributed by atoms with Gasteiger partial charge >= 0.3 is 29.8 Å². The monoisotopic (exact) mass is 749 g/mol. The van der Waals surface area contributed by atoms with E-state index in [1.165, 1.54) is 0 Å². The standard InChI is InChI=1S/C37H51NO15/c1-3-37(25-39,26-40)36(45)50-20-9-5-7-13-33(42)53-31-17-16-29-22-28(14-15-30(29)23-31)27(2)35(44)51-24-34(43)49-18-8-4-6-12-32(41)48-19-10-11-21-52-38(46)47/h14-17,22-23,27,39-40H,3-13,18-21,24-26H2,1-2H3. The van der Waals surface area contributed by atoms with Crippen LogP contribution in [0.15, 0.2) is 36.4 Å². The Bertz CT molecular complexity index is 1480. The first-order valence-corrected chi connectivity index (χ1v) is 17.8.